The van der Waals surface area contributed by atoms with Gasteiger partial charge in [0.2, 0.25) is 0 Å². The van der Waals surface area contributed by atoms with E-state index in [0.717, 1.165) is 11.1 Å². The second kappa shape index (κ2) is 3.75. The maximum Gasteiger partial charge on any atom is 0.0434 e. The van der Waals surface area contributed by atoms with E-state index in [1.165, 1.54) is 0 Å². The molecule has 0 unspecified atom stereocenters. The van der Waals surface area contributed by atoms with Gasteiger partial charge in [-0.2, -0.15) is 0 Å². The molecular weight excluding hydrogens is 158 g/mol. The second-order valence-electron chi connectivity index (χ2n) is 3.31. The van der Waals surface area contributed by atoms with Gasteiger partial charge in [-0.3, -0.25) is 0 Å². The van der Waals surface area contributed by atoms with Gasteiger partial charge >= 0.3 is 0 Å². The Balaban J connectivity index is 2.26. The molecule has 1 heteroatoms. The molecule has 0 N–H and O–H groups in total. The zero-order valence-electron chi connectivity index (χ0n) is 9.83. The van der Waals surface area contributed by atoms with E-state index in [9.17, 15) is 0 Å². The molecule has 0 aliphatic carbocycles. The highest BCUT2D eigenvalue weighted by atomic mass is 15.1. The first kappa shape index (κ1) is 6.39. The molecular formula is C12H15N. The van der Waals surface area contributed by atoms with Gasteiger partial charge in [0.1, 0.15) is 0 Å². The first-order chi connectivity index (χ1) is 7.09. The van der Waals surface area contributed by atoms with Gasteiger partial charge < -0.3 is 4.90 Å². The average Bonchev–Trinajstić information content (AvgIpc) is 2.23. The van der Waals surface area contributed by atoms with Crippen LogP contribution in [-0.4, -0.2) is 25.0 Å². The molecule has 13 heavy (non-hydrogen) atoms. The Morgan fingerprint density at radius 2 is 2.08 bits per heavy atom. The molecule has 1 aromatic carbocycles. The fourth-order valence-corrected chi connectivity index (χ4v) is 1.48. The first-order valence-corrected chi connectivity index (χ1v) is 4.55. The molecule has 0 atom stereocenters. The number of hydrogen-bond acceptors (Lipinski definition) is 1. The Hall–Kier alpha value is -1.08. The number of nitrogens with zero attached hydrogens (tertiary/aromatic N) is 1. The summed E-state index contributed by atoms with van der Waals surface area (Å²) >= 11 is 0. The average molecular weight is 175 g/mol. The van der Waals surface area contributed by atoms with Gasteiger partial charge in [-0.1, -0.05) is 36.4 Å². The summed E-state index contributed by atoms with van der Waals surface area (Å²) < 4.78 is 15.7. The number of rotatable bonds is 1. The SMILES string of the molecule is [2H]C1([2H])CC(c2ccccc2)=CCN1C. The summed E-state index contributed by atoms with van der Waals surface area (Å²) in [6.07, 6.45) is 2.57. The topological polar surface area (TPSA) is 3.24 Å². The van der Waals surface area contributed by atoms with Crippen LogP contribution in [0.3, 0.4) is 0 Å². The summed E-state index contributed by atoms with van der Waals surface area (Å²) in [5, 5.41) is 0. The van der Waals surface area contributed by atoms with E-state index in [1.54, 1.807) is 4.90 Å². The molecule has 0 spiro atoms. The normalized spacial score (nSPS) is 24.5. The third kappa shape index (κ3) is 1.99. The van der Waals surface area contributed by atoms with Gasteiger partial charge in [0.15, 0.2) is 0 Å². The van der Waals surface area contributed by atoms with Crippen LogP contribution in [0.2, 0.25) is 0 Å². The van der Waals surface area contributed by atoms with Crippen LogP contribution in [0, 0.1) is 0 Å². The fourth-order valence-electron chi connectivity index (χ4n) is 1.48. The molecule has 1 heterocycles. The minimum Gasteiger partial charge on any atom is -0.302 e. The maximum absolute atomic E-state index is 7.86. The Labute approximate surface area is 82.5 Å². The highest BCUT2D eigenvalue weighted by Gasteiger charge is 2.08. The van der Waals surface area contributed by atoms with Crippen LogP contribution in [0.4, 0.5) is 0 Å². The molecule has 1 nitrogen and oxygen atoms in total. The van der Waals surface area contributed by atoms with Crippen molar-refractivity contribution in [3.63, 3.8) is 0 Å². The van der Waals surface area contributed by atoms with Crippen molar-refractivity contribution in [1.29, 1.82) is 0 Å². The van der Waals surface area contributed by atoms with Crippen LogP contribution < -0.4 is 0 Å². The summed E-state index contributed by atoms with van der Waals surface area (Å²) in [6, 6.07) is 10.0. The van der Waals surface area contributed by atoms with E-state index < -0.39 is 6.50 Å². The van der Waals surface area contributed by atoms with E-state index in [-0.39, 0.29) is 0 Å². The second-order valence-corrected chi connectivity index (χ2v) is 3.31. The van der Waals surface area contributed by atoms with Gasteiger partial charge in [-0.05, 0) is 24.6 Å². The van der Waals surface area contributed by atoms with Crippen molar-refractivity contribution < 1.29 is 2.74 Å². The molecule has 1 aliphatic rings. The van der Waals surface area contributed by atoms with Crippen LogP contribution >= 0.6 is 0 Å². The lowest BCUT2D eigenvalue weighted by molar-refractivity contribution is 0.370. The molecule has 0 saturated heterocycles. The Morgan fingerprint density at radius 3 is 2.77 bits per heavy atom. The van der Waals surface area contributed by atoms with Crippen LogP contribution in [0.5, 0.6) is 0 Å². The largest absolute Gasteiger partial charge is 0.302 e. The minimum atomic E-state index is -1.22. The summed E-state index contributed by atoms with van der Waals surface area (Å²) in [5.41, 5.74) is 2.24. The quantitative estimate of drug-likeness (QED) is 0.633. The molecule has 68 valence electrons. The third-order valence-corrected chi connectivity index (χ3v) is 2.30. The first-order valence-electron chi connectivity index (χ1n) is 5.55. The molecule has 0 amide bonds. The smallest absolute Gasteiger partial charge is 0.0434 e. The summed E-state index contributed by atoms with van der Waals surface area (Å²) in [7, 11) is 1.82. The van der Waals surface area contributed by atoms with Crippen LogP contribution in [0.25, 0.3) is 5.57 Å². The van der Waals surface area contributed by atoms with Crippen molar-refractivity contribution in [3.8, 4) is 0 Å². The van der Waals surface area contributed by atoms with E-state index in [2.05, 4.69) is 6.08 Å². The van der Waals surface area contributed by atoms with Crippen molar-refractivity contribution >= 4 is 5.57 Å². The fraction of sp³-hybridized carbons (Fsp3) is 0.333. The van der Waals surface area contributed by atoms with Crippen molar-refractivity contribution in [1.82, 2.24) is 4.90 Å². The number of hydrogen-bond donors (Lipinski definition) is 0. The monoisotopic (exact) mass is 175 g/mol. The standard InChI is InChI=1S/C12H15N/c1-13-9-7-12(8-10-13)11-5-3-2-4-6-11/h2-7H,8-10H2,1H3/i10D2. The van der Waals surface area contributed by atoms with E-state index in [0.29, 0.717) is 13.0 Å². The lowest BCUT2D eigenvalue weighted by Gasteiger charge is -2.21. The lowest BCUT2D eigenvalue weighted by atomic mass is 10.00. The minimum absolute atomic E-state index is 0.466. The van der Waals surface area contributed by atoms with E-state index >= 15 is 0 Å². The molecule has 2 rings (SSSR count). The Kier molecular flexibility index (Phi) is 1.84. The van der Waals surface area contributed by atoms with Crippen molar-refractivity contribution in [2.45, 2.75) is 6.42 Å². The molecule has 0 aromatic heterocycles. The predicted molar refractivity (Wildman–Crippen MR) is 56.5 cm³/mol. The van der Waals surface area contributed by atoms with Gasteiger partial charge in [0.25, 0.3) is 0 Å². The van der Waals surface area contributed by atoms with Gasteiger partial charge in [-0.15, -0.1) is 0 Å². The zero-order valence-corrected chi connectivity index (χ0v) is 7.83. The van der Waals surface area contributed by atoms with Crippen LogP contribution in [0.15, 0.2) is 36.4 Å². The molecule has 1 aliphatic heterocycles. The van der Waals surface area contributed by atoms with Crippen molar-refractivity contribution in [3.05, 3.63) is 42.0 Å². The van der Waals surface area contributed by atoms with E-state index in [4.69, 9.17) is 2.74 Å². The van der Waals surface area contributed by atoms with Crippen LogP contribution in [-0.2, 0) is 0 Å². The van der Waals surface area contributed by atoms with Crippen molar-refractivity contribution in [2.75, 3.05) is 20.1 Å². The van der Waals surface area contributed by atoms with Gasteiger partial charge in [0, 0.05) is 15.8 Å². The van der Waals surface area contributed by atoms with Crippen LogP contribution in [0.1, 0.15) is 14.7 Å². The van der Waals surface area contributed by atoms with Gasteiger partial charge in [-0.25, -0.2) is 0 Å². The predicted octanol–water partition coefficient (Wildman–Crippen LogP) is 2.41. The Morgan fingerprint density at radius 1 is 1.31 bits per heavy atom. The maximum atomic E-state index is 7.86. The molecule has 0 radical (unpaired) electrons. The highest BCUT2D eigenvalue weighted by Crippen LogP contribution is 2.20. The molecule has 1 aromatic rings. The Bertz CT molecular complexity index is 370. The number of likely N-dealkylation sites (N-methyl/N-ethyl adjacent to an activating group) is 1. The molecule has 0 fully saturated rings. The summed E-state index contributed by atoms with van der Waals surface area (Å²) in [4.78, 5) is 1.74. The van der Waals surface area contributed by atoms with Gasteiger partial charge in [0.05, 0.1) is 0 Å². The third-order valence-electron chi connectivity index (χ3n) is 2.30. The molecule has 0 bridgehead atoms. The van der Waals surface area contributed by atoms with Crippen molar-refractivity contribution in [2.24, 2.45) is 0 Å². The highest BCUT2D eigenvalue weighted by molar-refractivity contribution is 5.66. The van der Waals surface area contributed by atoms with E-state index in [1.807, 2.05) is 37.4 Å². The summed E-state index contributed by atoms with van der Waals surface area (Å²) in [6.45, 7) is -0.544. The lowest BCUT2D eigenvalue weighted by Crippen LogP contribution is -2.23. The molecule has 0 saturated carbocycles. The summed E-state index contributed by atoms with van der Waals surface area (Å²) in [5.74, 6) is 0. The zero-order chi connectivity index (χ0) is 10.9. The number of benzene rings is 1.